The molecule has 0 aliphatic carbocycles. The highest BCUT2D eigenvalue weighted by atomic mass is 16.5. The molecule has 0 unspecified atom stereocenters. The van der Waals surface area contributed by atoms with Gasteiger partial charge >= 0.3 is 0 Å². The molecule has 0 aromatic heterocycles. The Balaban J connectivity index is 2.22. The number of rotatable bonds is 9. The predicted octanol–water partition coefficient (Wildman–Crippen LogP) is 4.02. The molecule has 0 amide bonds. The summed E-state index contributed by atoms with van der Waals surface area (Å²) in [4.78, 5) is 0. The van der Waals surface area contributed by atoms with E-state index in [9.17, 15) is 0 Å². The van der Waals surface area contributed by atoms with Crippen LogP contribution in [0.1, 0.15) is 45.4 Å². The van der Waals surface area contributed by atoms with Crippen LogP contribution in [0.5, 0.6) is 11.5 Å². The smallest absolute Gasteiger partial charge is 0.145 e. The summed E-state index contributed by atoms with van der Waals surface area (Å²) in [5, 5.41) is 0. The quantitative estimate of drug-likeness (QED) is 0.532. The first-order valence-electron chi connectivity index (χ1n) is 6.84. The molecular formula is C15H25NO2. The minimum atomic E-state index is 0.668. The minimum Gasteiger partial charge on any atom is -0.497 e. The lowest BCUT2D eigenvalue weighted by Gasteiger charge is -2.10. The Labute approximate surface area is 110 Å². The van der Waals surface area contributed by atoms with E-state index >= 15 is 0 Å². The molecule has 102 valence electrons. The molecule has 1 rings (SSSR count). The van der Waals surface area contributed by atoms with Gasteiger partial charge in [-0.2, -0.15) is 0 Å². The van der Waals surface area contributed by atoms with Gasteiger partial charge in [0.15, 0.2) is 0 Å². The molecule has 18 heavy (non-hydrogen) atoms. The summed E-state index contributed by atoms with van der Waals surface area (Å²) in [5.41, 5.74) is 6.51. The van der Waals surface area contributed by atoms with E-state index in [0.29, 0.717) is 5.69 Å². The summed E-state index contributed by atoms with van der Waals surface area (Å²) >= 11 is 0. The number of benzene rings is 1. The molecule has 0 aliphatic heterocycles. The molecule has 0 atom stereocenters. The number of hydrogen-bond donors (Lipinski definition) is 1. The Kier molecular flexibility index (Phi) is 7.07. The molecule has 3 nitrogen and oxygen atoms in total. The summed E-state index contributed by atoms with van der Waals surface area (Å²) < 4.78 is 10.8. The van der Waals surface area contributed by atoms with E-state index in [2.05, 4.69) is 6.92 Å². The SMILES string of the molecule is CCCCCCCCOc1cc(OC)ccc1N. The standard InChI is InChI=1S/C15H25NO2/c1-3-4-5-6-7-8-11-18-15-12-13(17-2)9-10-14(15)16/h9-10,12H,3-8,11,16H2,1-2H3. The highest BCUT2D eigenvalue weighted by Crippen LogP contribution is 2.26. The van der Waals surface area contributed by atoms with Crippen molar-refractivity contribution in [2.45, 2.75) is 45.4 Å². The molecule has 3 heteroatoms. The van der Waals surface area contributed by atoms with E-state index in [1.54, 1.807) is 7.11 Å². The van der Waals surface area contributed by atoms with Crippen LogP contribution in [0.4, 0.5) is 5.69 Å². The highest BCUT2D eigenvalue weighted by molar-refractivity contribution is 5.55. The second-order valence-corrected chi connectivity index (χ2v) is 4.52. The number of ether oxygens (including phenoxy) is 2. The molecular weight excluding hydrogens is 226 g/mol. The third-order valence-corrected chi connectivity index (χ3v) is 2.98. The van der Waals surface area contributed by atoms with Crippen molar-refractivity contribution in [3.63, 3.8) is 0 Å². The van der Waals surface area contributed by atoms with Gasteiger partial charge in [0.05, 0.1) is 19.4 Å². The lowest BCUT2D eigenvalue weighted by molar-refractivity contribution is 0.303. The van der Waals surface area contributed by atoms with Gasteiger partial charge < -0.3 is 15.2 Å². The van der Waals surface area contributed by atoms with Crippen molar-refractivity contribution in [1.29, 1.82) is 0 Å². The fourth-order valence-electron chi connectivity index (χ4n) is 1.83. The summed E-state index contributed by atoms with van der Waals surface area (Å²) in [6.45, 7) is 2.96. The molecule has 0 radical (unpaired) electrons. The Bertz CT molecular complexity index is 339. The van der Waals surface area contributed by atoms with Gasteiger partial charge in [0.2, 0.25) is 0 Å². The zero-order chi connectivity index (χ0) is 13.2. The summed E-state index contributed by atoms with van der Waals surface area (Å²) in [6.07, 6.45) is 7.56. The van der Waals surface area contributed by atoms with Crippen molar-refractivity contribution in [2.75, 3.05) is 19.5 Å². The van der Waals surface area contributed by atoms with Crippen molar-refractivity contribution in [2.24, 2.45) is 0 Å². The fraction of sp³-hybridized carbons (Fsp3) is 0.600. The average molecular weight is 251 g/mol. The average Bonchev–Trinajstić information content (AvgIpc) is 2.39. The van der Waals surface area contributed by atoms with Crippen LogP contribution in [0.15, 0.2) is 18.2 Å². The van der Waals surface area contributed by atoms with Gasteiger partial charge in [-0.15, -0.1) is 0 Å². The lowest BCUT2D eigenvalue weighted by Crippen LogP contribution is -2.00. The van der Waals surface area contributed by atoms with Gasteiger partial charge in [-0.05, 0) is 18.6 Å². The predicted molar refractivity (Wildman–Crippen MR) is 76.3 cm³/mol. The number of methoxy groups -OCH3 is 1. The number of nitrogen functional groups attached to an aromatic ring is 1. The van der Waals surface area contributed by atoms with Crippen LogP contribution in [-0.4, -0.2) is 13.7 Å². The Morgan fingerprint density at radius 3 is 2.50 bits per heavy atom. The zero-order valence-electron chi connectivity index (χ0n) is 11.6. The van der Waals surface area contributed by atoms with Gasteiger partial charge in [0, 0.05) is 6.07 Å². The molecule has 0 saturated carbocycles. The maximum absolute atomic E-state index is 5.84. The molecule has 2 N–H and O–H groups in total. The first kappa shape index (κ1) is 14.7. The van der Waals surface area contributed by atoms with E-state index in [4.69, 9.17) is 15.2 Å². The molecule has 0 fully saturated rings. The minimum absolute atomic E-state index is 0.668. The summed E-state index contributed by atoms with van der Waals surface area (Å²) in [7, 11) is 1.64. The molecule has 0 bridgehead atoms. The largest absolute Gasteiger partial charge is 0.497 e. The van der Waals surface area contributed by atoms with Crippen LogP contribution in [-0.2, 0) is 0 Å². The number of nitrogens with two attached hydrogens (primary N) is 1. The molecule has 0 heterocycles. The third-order valence-electron chi connectivity index (χ3n) is 2.98. The molecule has 0 aliphatic rings. The number of hydrogen-bond acceptors (Lipinski definition) is 3. The van der Waals surface area contributed by atoms with Crippen molar-refractivity contribution >= 4 is 5.69 Å². The molecule has 0 spiro atoms. The molecule has 0 saturated heterocycles. The second-order valence-electron chi connectivity index (χ2n) is 4.52. The summed E-state index contributed by atoms with van der Waals surface area (Å²) in [5.74, 6) is 1.50. The van der Waals surface area contributed by atoms with Gasteiger partial charge in [0.1, 0.15) is 11.5 Å². The second kappa shape index (κ2) is 8.67. The monoisotopic (exact) mass is 251 g/mol. The van der Waals surface area contributed by atoms with Gasteiger partial charge in [-0.1, -0.05) is 39.0 Å². The molecule has 1 aromatic rings. The third kappa shape index (κ3) is 5.30. The maximum Gasteiger partial charge on any atom is 0.145 e. The van der Waals surface area contributed by atoms with Crippen LogP contribution < -0.4 is 15.2 Å². The van der Waals surface area contributed by atoms with E-state index < -0.39 is 0 Å². The lowest BCUT2D eigenvalue weighted by atomic mass is 10.1. The Morgan fingerprint density at radius 2 is 1.78 bits per heavy atom. The van der Waals surface area contributed by atoms with Crippen molar-refractivity contribution in [3.05, 3.63) is 18.2 Å². The van der Waals surface area contributed by atoms with Gasteiger partial charge in [-0.25, -0.2) is 0 Å². The van der Waals surface area contributed by atoms with E-state index in [-0.39, 0.29) is 0 Å². The van der Waals surface area contributed by atoms with Crippen LogP contribution in [0.2, 0.25) is 0 Å². The van der Waals surface area contributed by atoms with Crippen molar-refractivity contribution in [3.8, 4) is 11.5 Å². The number of unbranched alkanes of at least 4 members (excludes halogenated alkanes) is 5. The first-order chi connectivity index (χ1) is 8.77. The number of anilines is 1. The normalized spacial score (nSPS) is 10.3. The van der Waals surface area contributed by atoms with Gasteiger partial charge in [0.25, 0.3) is 0 Å². The van der Waals surface area contributed by atoms with Crippen LogP contribution in [0, 0.1) is 0 Å². The Hall–Kier alpha value is -1.38. The van der Waals surface area contributed by atoms with Crippen LogP contribution >= 0.6 is 0 Å². The fourth-order valence-corrected chi connectivity index (χ4v) is 1.83. The first-order valence-corrected chi connectivity index (χ1v) is 6.84. The summed E-state index contributed by atoms with van der Waals surface area (Å²) in [6, 6.07) is 5.49. The van der Waals surface area contributed by atoms with Crippen LogP contribution in [0.3, 0.4) is 0 Å². The van der Waals surface area contributed by atoms with E-state index in [0.717, 1.165) is 24.5 Å². The van der Waals surface area contributed by atoms with Crippen molar-refractivity contribution < 1.29 is 9.47 Å². The maximum atomic E-state index is 5.84. The zero-order valence-corrected chi connectivity index (χ0v) is 11.6. The Morgan fingerprint density at radius 1 is 1.06 bits per heavy atom. The highest BCUT2D eigenvalue weighted by Gasteiger charge is 2.02. The molecule has 1 aromatic carbocycles. The van der Waals surface area contributed by atoms with E-state index in [1.165, 1.54) is 32.1 Å². The van der Waals surface area contributed by atoms with Crippen LogP contribution in [0.25, 0.3) is 0 Å². The van der Waals surface area contributed by atoms with Crippen molar-refractivity contribution in [1.82, 2.24) is 0 Å². The van der Waals surface area contributed by atoms with Gasteiger partial charge in [-0.3, -0.25) is 0 Å². The topological polar surface area (TPSA) is 44.5 Å². The van der Waals surface area contributed by atoms with E-state index in [1.807, 2.05) is 18.2 Å².